The van der Waals surface area contributed by atoms with Gasteiger partial charge in [-0.25, -0.2) is 0 Å². The summed E-state index contributed by atoms with van der Waals surface area (Å²) < 4.78 is 10.9. The van der Waals surface area contributed by atoms with Gasteiger partial charge in [0.2, 0.25) is 0 Å². The lowest BCUT2D eigenvalue weighted by Crippen LogP contribution is -2.36. The van der Waals surface area contributed by atoms with Crippen LogP contribution in [0, 0.1) is 0 Å². The number of furan rings is 1. The van der Waals surface area contributed by atoms with Crippen LogP contribution < -0.4 is 5.32 Å². The molecule has 0 saturated heterocycles. The summed E-state index contributed by atoms with van der Waals surface area (Å²) in [6, 6.07) is 7.99. The number of aryl methyl sites for hydroxylation is 1. The van der Waals surface area contributed by atoms with Gasteiger partial charge in [-0.3, -0.25) is 0 Å². The van der Waals surface area contributed by atoms with Crippen molar-refractivity contribution in [1.29, 1.82) is 0 Å². The first kappa shape index (κ1) is 14.1. The maximum Gasteiger partial charge on any atom is 0.134 e. The van der Waals surface area contributed by atoms with Crippen molar-refractivity contribution in [1.82, 2.24) is 5.32 Å². The zero-order valence-electron chi connectivity index (χ0n) is 11.5. The normalized spacial score (nSPS) is 13.0. The van der Waals surface area contributed by atoms with Crippen molar-refractivity contribution in [2.45, 2.75) is 25.9 Å². The molecular formula is C15H21NO3. The Hall–Kier alpha value is -1.36. The minimum atomic E-state index is -0.0524. The van der Waals surface area contributed by atoms with Gasteiger partial charge in [0.05, 0.1) is 19.3 Å². The molecule has 0 amide bonds. The van der Waals surface area contributed by atoms with Crippen LogP contribution in [0.3, 0.4) is 0 Å². The maximum atomic E-state index is 9.26. The number of fused-ring (bicyclic) bond motifs is 1. The molecule has 0 radical (unpaired) electrons. The number of hydrogen-bond donors (Lipinski definition) is 2. The Balaban J connectivity index is 2.18. The number of rotatable bonds is 7. The molecule has 1 aromatic heterocycles. The first-order valence-electron chi connectivity index (χ1n) is 6.62. The summed E-state index contributed by atoms with van der Waals surface area (Å²) in [5.74, 6) is 1.00. The van der Waals surface area contributed by atoms with Crippen LogP contribution in [0.15, 0.2) is 28.7 Å². The third-order valence-electron chi connectivity index (χ3n) is 3.26. The summed E-state index contributed by atoms with van der Waals surface area (Å²) in [7, 11) is 1.63. The fourth-order valence-corrected chi connectivity index (χ4v) is 2.25. The predicted molar refractivity (Wildman–Crippen MR) is 75.2 cm³/mol. The van der Waals surface area contributed by atoms with E-state index < -0.39 is 0 Å². The lowest BCUT2D eigenvalue weighted by atomic mass is 10.1. The Morgan fingerprint density at radius 2 is 2.16 bits per heavy atom. The topological polar surface area (TPSA) is 54.6 Å². The van der Waals surface area contributed by atoms with Crippen LogP contribution in [0.5, 0.6) is 0 Å². The Labute approximate surface area is 113 Å². The first-order valence-corrected chi connectivity index (χ1v) is 6.62. The van der Waals surface area contributed by atoms with E-state index >= 15 is 0 Å². The summed E-state index contributed by atoms with van der Waals surface area (Å²) >= 11 is 0. The number of ether oxygens (including phenoxy) is 1. The van der Waals surface area contributed by atoms with Gasteiger partial charge in [-0.05, 0) is 6.07 Å². The average Bonchev–Trinajstić information content (AvgIpc) is 2.81. The highest BCUT2D eigenvalue weighted by molar-refractivity contribution is 5.82. The summed E-state index contributed by atoms with van der Waals surface area (Å²) in [5, 5.41) is 13.7. The first-order chi connectivity index (χ1) is 9.30. The zero-order chi connectivity index (χ0) is 13.7. The van der Waals surface area contributed by atoms with Gasteiger partial charge < -0.3 is 19.6 Å². The fourth-order valence-electron chi connectivity index (χ4n) is 2.25. The van der Waals surface area contributed by atoms with Crippen molar-refractivity contribution >= 4 is 11.0 Å². The molecule has 2 N–H and O–H groups in total. The van der Waals surface area contributed by atoms with E-state index in [0.29, 0.717) is 13.2 Å². The SMILES string of the molecule is CCc1oc2ccccc2c1CNC(CO)COC. The van der Waals surface area contributed by atoms with E-state index in [1.807, 2.05) is 18.2 Å². The molecule has 104 valence electrons. The van der Waals surface area contributed by atoms with E-state index in [4.69, 9.17) is 9.15 Å². The van der Waals surface area contributed by atoms with E-state index in [2.05, 4.69) is 18.3 Å². The molecule has 1 atom stereocenters. The highest BCUT2D eigenvalue weighted by Gasteiger charge is 2.14. The predicted octanol–water partition coefficient (Wildman–Crippen LogP) is 2.09. The van der Waals surface area contributed by atoms with Crippen LogP contribution in [-0.4, -0.2) is 31.5 Å². The largest absolute Gasteiger partial charge is 0.461 e. The molecule has 0 bridgehead atoms. The molecule has 0 aliphatic heterocycles. The quantitative estimate of drug-likeness (QED) is 0.803. The van der Waals surface area contributed by atoms with E-state index in [-0.39, 0.29) is 12.6 Å². The number of nitrogens with one attached hydrogen (secondary N) is 1. The van der Waals surface area contributed by atoms with Gasteiger partial charge >= 0.3 is 0 Å². The van der Waals surface area contributed by atoms with Crippen LogP contribution >= 0.6 is 0 Å². The smallest absolute Gasteiger partial charge is 0.134 e. The number of benzene rings is 1. The van der Waals surface area contributed by atoms with Crippen LogP contribution in [0.4, 0.5) is 0 Å². The number of methoxy groups -OCH3 is 1. The highest BCUT2D eigenvalue weighted by atomic mass is 16.5. The van der Waals surface area contributed by atoms with Gasteiger partial charge in [0, 0.05) is 31.0 Å². The van der Waals surface area contributed by atoms with Gasteiger partial charge in [-0.1, -0.05) is 25.1 Å². The maximum absolute atomic E-state index is 9.26. The van der Waals surface area contributed by atoms with Gasteiger partial charge in [0.25, 0.3) is 0 Å². The molecule has 0 aliphatic rings. The molecule has 2 rings (SSSR count). The van der Waals surface area contributed by atoms with Crippen molar-refractivity contribution < 1.29 is 14.3 Å². The lowest BCUT2D eigenvalue weighted by molar-refractivity contribution is 0.128. The number of hydrogen-bond acceptors (Lipinski definition) is 4. The molecule has 4 nitrogen and oxygen atoms in total. The summed E-state index contributed by atoms with van der Waals surface area (Å²) in [4.78, 5) is 0. The Morgan fingerprint density at radius 3 is 2.84 bits per heavy atom. The minimum absolute atomic E-state index is 0.0524. The van der Waals surface area contributed by atoms with E-state index in [1.54, 1.807) is 7.11 Å². The van der Waals surface area contributed by atoms with Gasteiger partial charge in [-0.15, -0.1) is 0 Å². The van der Waals surface area contributed by atoms with Crippen molar-refractivity contribution in [3.8, 4) is 0 Å². The lowest BCUT2D eigenvalue weighted by Gasteiger charge is -2.15. The second-order valence-corrected chi connectivity index (χ2v) is 4.57. The van der Waals surface area contributed by atoms with Crippen LogP contribution in [0.2, 0.25) is 0 Å². The molecule has 0 saturated carbocycles. The highest BCUT2D eigenvalue weighted by Crippen LogP contribution is 2.26. The standard InChI is InChI=1S/C15H21NO3/c1-3-14-13(8-16-11(9-17)10-18-2)12-6-4-5-7-15(12)19-14/h4-7,11,16-17H,3,8-10H2,1-2H3. The summed E-state index contributed by atoms with van der Waals surface area (Å²) in [5.41, 5.74) is 2.09. The van der Waals surface area contributed by atoms with Crippen LogP contribution in [0.25, 0.3) is 11.0 Å². The van der Waals surface area contributed by atoms with E-state index in [1.165, 1.54) is 5.56 Å². The Kier molecular flexibility index (Phi) is 4.96. The van der Waals surface area contributed by atoms with E-state index in [9.17, 15) is 5.11 Å². The van der Waals surface area contributed by atoms with Crippen molar-refractivity contribution in [3.05, 3.63) is 35.6 Å². The molecule has 19 heavy (non-hydrogen) atoms. The molecule has 1 aromatic carbocycles. The Morgan fingerprint density at radius 1 is 1.37 bits per heavy atom. The molecule has 2 aromatic rings. The molecular weight excluding hydrogens is 242 g/mol. The molecule has 0 spiro atoms. The van der Waals surface area contributed by atoms with Gasteiger partial charge in [-0.2, -0.15) is 0 Å². The van der Waals surface area contributed by atoms with Crippen molar-refractivity contribution in [2.24, 2.45) is 0 Å². The molecule has 1 heterocycles. The van der Waals surface area contributed by atoms with E-state index in [0.717, 1.165) is 23.2 Å². The second kappa shape index (κ2) is 6.70. The average molecular weight is 263 g/mol. The van der Waals surface area contributed by atoms with Gasteiger partial charge in [0.1, 0.15) is 11.3 Å². The summed E-state index contributed by atoms with van der Waals surface area (Å²) in [6.45, 7) is 3.31. The summed E-state index contributed by atoms with van der Waals surface area (Å²) in [6.07, 6.45) is 0.861. The Bertz CT molecular complexity index is 521. The number of aliphatic hydroxyl groups is 1. The van der Waals surface area contributed by atoms with Gasteiger partial charge in [0.15, 0.2) is 0 Å². The third kappa shape index (κ3) is 3.15. The molecule has 0 aliphatic carbocycles. The zero-order valence-corrected chi connectivity index (χ0v) is 11.5. The number of para-hydroxylation sites is 1. The number of aliphatic hydroxyl groups excluding tert-OH is 1. The van der Waals surface area contributed by atoms with Crippen LogP contribution in [-0.2, 0) is 17.7 Å². The monoisotopic (exact) mass is 263 g/mol. The minimum Gasteiger partial charge on any atom is -0.461 e. The molecule has 1 unspecified atom stereocenters. The second-order valence-electron chi connectivity index (χ2n) is 4.57. The fraction of sp³-hybridized carbons (Fsp3) is 0.467. The third-order valence-corrected chi connectivity index (χ3v) is 3.26. The molecule has 4 heteroatoms. The van der Waals surface area contributed by atoms with Crippen molar-refractivity contribution in [2.75, 3.05) is 20.3 Å². The van der Waals surface area contributed by atoms with Crippen LogP contribution in [0.1, 0.15) is 18.2 Å². The van der Waals surface area contributed by atoms with Crippen molar-refractivity contribution in [3.63, 3.8) is 0 Å². The molecule has 0 fully saturated rings.